The van der Waals surface area contributed by atoms with E-state index in [1.54, 1.807) is 34.6 Å². The summed E-state index contributed by atoms with van der Waals surface area (Å²) in [5.41, 5.74) is 2.44. The monoisotopic (exact) mass is 911 g/mol. The second-order valence-electron chi connectivity index (χ2n) is 18.5. The molecule has 3 amide bonds. The maximum absolute atomic E-state index is 14.2. The van der Waals surface area contributed by atoms with E-state index in [0.717, 1.165) is 95.3 Å². The summed E-state index contributed by atoms with van der Waals surface area (Å²) in [6.45, 7) is 5.96. The first kappa shape index (κ1) is 45.4. The molecule has 4 fully saturated rings. The number of alkyl halides is 2. The van der Waals surface area contributed by atoms with Crippen molar-refractivity contribution in [3.63, 3.8) is 0 Å². The summed E-state index contributed by atoms with van der Waals surface area (Å²) in [6.07, 6.45) is 10.6. The van der Waals surface area contributed by atoms with Gasteiger partial charge in [-0.05, 0) is 113 Å². The van der Waals surface area contributed by atoms with Crippen LogP contribution in [-0.2, 0) is 27.8 Å². The number of imidazole rings is 1. The number of aryl methyl sites for hydroxylation is 2. The van der Waals surface area contributed by atoms with Crippen molar-refractivity contribution in [2.75, 3.05) is 63.6 Å². The molecule has 6 heterocycles. The first-order chi connectivity index (χ1) is 32.0. The highest BCUT2D eigenvalue weighted by Crippen LogP contribution is 2.36. The Kier molecular flexibility index (Phi) is 13.7. The van der Waals surface area contributed by atoms with Crippen molar-refractivity contribution < 1.29 is 32.3 Å². The zero-order valence-electron chi connectivity index (χ0n) is 37.6. The molecule has 1 aromatic carbocycles. The molecule has 2 aliphatic heterocycles. The van der Waals surface area contributed by atoms with E-state index in [9.17, 15) is 28.0 Å². The molecule has 0 bridgehead atoms. The summed E-state index contributed by atoms with van der Waals surface area (Å²) < 4.78 is 45.0. The minimum atomic E-state index is -2.87. The zero-order valence-corrected chi connectivity index (χ0v) is 37.6. The van der Waals surface area contributed by atoms with Gasteiger partial charge in [0, 0.05) is 64.1 Å². The molecule has 0 radical (unpaired) electrons. The number of morpholine rings is 1. The quantitative estimate of drug-likeness (QED) is 0.0878. The van der Waals surface area contributed by atoms with E-state index >= 15 is 0 Å². The zero-order chi connectivity index (χ0) is 45.9. The van der Waals surface area contributed by atoms with Crippen LogP contribution in [0.5, 0.6) is 0 Å². The summed E-state index contributed by atoms with van der Waals surface area (Å²) in [5, 5.41) is 12.5. The van der Waals surface area contributed by atoms with Gasteiger partial charge in [0.15, 0.2) is 11.4 Å². The van der Waals surface area contributed by atoms with Crippen LogP contribution < -0.4 is 21.6 Å². The smallest absolute Gasteiger partial charge is 0.329 e. The molecular weight excluding hydrogens is 853 g/mol. The number of oxazole rings is 1. The van der Waals surface area contributed by atoms with Crippen LogP contribution in [0.2, 0.25) is 0 Å². The number of aromatic nitrogens is 6. The molecule has 19 heteroatoms. The van der Waals surface area contributed by atoms with E-state index in [1.807, 2.05) is 18.2 Å². The first-order valence-corrected chi connectivity index (χ1v) is 23.4. The van der Waals surface area contributed by atoms with E-state index < -0.39 is 30.0 Å². The molecule has 0 spiro atoms. The van der Waals surface area contributed by atoms with E-state index in [-0.39, 0.29) is 47.4 Å². The van der Waals surface area contributed by atoms with Gasteiger partial charge in [-0.1, -0.05) is 12.1 Å². The van der Waals surface area contributed by atoms with E-state index in [4.69, 9.17) is 9.15 Å². The summed E-state index contributed by atoms with van der Waals surface area (Å²) in [6, 6.07) is 8.62. The molecule has 4 aliphatic rings. The average Bonchev–Trinajstić information content (AvgIpc) is 3.71. The fourth-order valence-corrected chi connectivity index (χ4v) is 9.87. The van der Waals surface area contributed by atoms with Gasteiger partial charge < -0.3 is 24.7 Å². The fraction of sp³-hybridized carbons (Fsp3) is 0.553. The van der Waals surface area contributed by atoms with Crippen LogP contribution in [0.1, 0.15) is 104 Å². The lowest BCUT2D eigenvalue weighted by Gasteiger charge is -2.35. The van der Waals surface area contributed by atoms with Crippen LogP contribution in [0.25, 0.3) is 22.5 Å². The molecule has 5 aromatic rings. The Morgan fingerprint density at radius 3 is 2.67 bits per heavy atom. The second-order valence-corrected chi connectivity index (χ2v) is 18.5. The summed E-state index contributed by atoms with van der Waals surface area (Å²) in [5.74, 6) is 0.651. The van der Waals surface area contributed by atoms with Crippen molar-refractivity contribution >= 4 is 40.3 Å². The van der Waals surface area contributed by atoms with Crippen molar-refractivity contribution in [1.82, 2.24) is 44.0 Å². The van der Waals surface area contributed by atoms with Crippen molar-refractivity contribution in [2.24, 2.45) is 18.9 Å². The number of para-hydroxylation sites is 1. The Morgan fingerprint density at radius 1 is 1.06 bits per heavy atom. The van der Waals surface area contributed by atoms with Gasteiger partial charge in [-0.25, -0.2) is 23.5 Å². The number of ether oxygens (including phenoxy) is 1. The van der Waals surface area contributed by atoms with Crippen molar-refractivity contribution in [1.29, 1.82) is 0 Å². The highest BCUT2D eigenvalue weighted by Gasteiger charge is 2.32. The standard InChI is InChI=1S/C47H59F2N11O6/c1-56(20-17-34-26-58(21-22-65-34)19-4-6-31-5-3-7-37-42(31)57(2)47(64)60(37)38-14-15-40(61)54-45(38)63)25-30-10-12-33(13-11-30)59-27-35(41(55-59)43(48)49)52-44(62)36-28-66-46(53-36)32-16-18-50-39(23-32)51-24-29-8-9-29/h3,5,7,16,18,23,27-30,33-34,38,43H,4,6,8-15,17,19-22,24-26H2,1-2H3,(H,50,51)(H,52,62)(H,54,61,63)/t30-,33-,34-,38?/m0/s1. The van der Waals surface area contributed by atoms with Gasteiger partial charge in [0.1, 0.15) is 18.1 Å². The van der Waals surface area contributed by atoms with Crippen LogP contribution in [-0.4, -0.2) is 115 Å². The number of hydrogen-bond acceptors (Lipinski definition) is 12. The third-order valence-electron chi connectivity index (χ3n) is 13.7. The second kappa shape index (κ2) is 20.0. The maximum atomic E-state index is 14.2. The lowest BCUT2D eigenvalue weighted by molar-refractivity contribution is -0.135. The molecule has 1 unspecified atom stereocenters. The minimum Gasteiger partial charge on any atom is -0.444 e. The number of halogens is 2. The molecule has 2 atom stereocenters. The molecule has 17 nitrogen and oxygen atoms in total. The average molecular weight is 912 g/mol. The molecule has 2 saturated heterocycles. The van der Waals surface area contributed by atoms with Gasteiger partial charge in [0.05, 0.1) is 35.5 Å². The van der Waals surface area contributed by atoms with Gasteiger partial charge >= 0.3 is 5.69 Å². The number of imide groups is 1. The summed E-state index contributed by atoms with van der Waals surface area (Å²) in [7, 11) is 3.88. The SMILES string of the molecule is CN(CC[C@H]1CN(CCCc2cccc3c2n(C)c(=O)n3C2CCC(=O)NC2=O)CCO1)C[C@H]1CC[C@H](n2cc(NC(=O)c3coc(-c4ccnc(NCC5CC5)c4)n3)c(C(F)F)n2)CC1. The lowest BCUT2D eigenvalue weighted by Crippen LogP contribution is -2.44. The molecule has 9 rings (SSSR count). The third-order valence-corrected chi connectivity index (χ3v) is 13.7. The van der Waals surface area contributed by atoms with Crippen LogP contribution in [0.15, 0.2) is 58.2 Å². The van der Waals surface area contributed by atoms with Gasteiger partial charge in [0.2, 0.25) is 17.7 Å². The highest BCUT2D eigenvalue weighted by atomic mass is 19.3. The number of pyridine rings is 1. The number of piperidine rings is 1. The Morgan fingerprint density at radius 2 is 1.88 bits per heavy atom. The molecule has 3 N–H and O–H groups in total. The number of amides is 3. The van der Waals surface area contributed by atoms with Gasteiger partial charge in [0.25, 0.3) is 12.3 Å². The van der Waals surface area contributed by atoms with Crippen LogP contribution in [0.3, 0.4) is 0 Å². The number of nitrogens with zero attached hydrogens (tertiary/aromatic N) is 8. The number of rotatable bonds is 18. The number of nitrogens with one attached hydrogen (secondary N) is 3. The van der Waals surface area contributed by atoms with Crippen molar-refractivity contribution in [3.8, 4) is 11.5 Å². The largest absolute Gasteiger partial charge is 0.444 e. The Bertz CT molecular complexity index is 2590. The maximum Gasteiger partial charge on any atom is 0.329 e. The number of fused-ring (bicyclic) bond motifs is 1. The highest BCUT2D eigenvalue weighted by molar-refractivity contribution is 6.03. The predicted molar refractivity (Wildman–Crippen MR) is 242 cm³/mol. The van der Waals surface area contributed by atoms with Crippen LogP contribution in [0, 0.1) is 11.8 Å². The molecular formula is C47H59F2N11O6. The van der Waals surface area contributed by atoms with Crippen LogP contribution >= 0.6 is 0 Å². The Hall–Kier alpha value is -5.79. The van der Waals surface area contributed by atoms with Crippen molar-refractivity contribution in [3.05, 3.63) is 76.4 Å². The van der Waals surface area contributed by atoms with E-state index in [1.165, 1.54) is 29.9 Å². The minimum absolute atomic E-state index is 0.0292. The number of anilines is 2. The van der Waals surface area contributed by atoms with Crippen molar-refractivity contribution in [2.45, 2.75) is 95.2 Å². The topological polar surface area (TPSA) is 187 Å². The Balaban J connectivity index is 0.714. The number of hydrogen-bond donors (Lipinski definition) is 3. The Labute approximate surface area is 381 Å². The predicted octanol–water partition coefficient (Wildman–Crippen LogP) is 5.96. The fourth-order valence-electron chi connectivity index (χ4n) is 9.87. The van der Waals surface area contributed by atoms with E-state index in [0.29, 0.717) is 41.8 Å². The van der Waals surface area contributed by atoms with Gasteiger partial charge in [-0.3, -0.25) is 38.4 Å². The third kappa shape index (κ3) is 10.4. The molecule has 2 aliphatic carbocycles. The molecule has 2 saturated carbocycles. The lowest BCUT2D eigenvalue weighted by atomic mass is 9.86. The number of carbonyl (C=O) groups excluding carboxylic acids is 3. The summed E-state index contributed by atoms with van der Waals surface area (Å²) in [4.78, 5) is 64.5. The van der Waals surface area contributed by atoms with Gasteiger partial charge in [-0.15, -0.1) is 0 Å². The number of carbonyl (C=O) groups is 3. The first-order valence-electron chi connectivity index (χ1n) is 23.4. The molecule has 66 heavy (non-hydrogen) atoms. The normalized spacial score (nSPS) is 21.8. The van der Waals surface area contributed by atoms with E-state index in [2.05, 4.69) is 47.9 Å². The summed E-state index contributed by atoms with van der Waals surface area (Å²) >= 11 is 0. The van der Waals surface area contributed by atoms with Gasteiger partial charge in [-0.2, -0.15) is 5.10 Å². The van der Waals surface area contributed by atoms with Crippen LogP contribution in [0.4, 0.5) is 20.3 Å². The molecule has 4 aromatic heterocycles. The molecule has 352 valence electrons. The number of benzene rings is 1.